The zero-order chi connectivity index (χ0) is 21.8. The number of rotatable bonds is 7. The number of hydrogen-bond acceptors (Lipinski definition) is 5. The van der Waals surface area contributed by atoms with Crippen molar-refractivity contribution in [3.05, 3.63) is 89.4 Å². The Morgan fingerprint density at radius 1 is 0.968 bits per heavy atom. The molecule has 158 valence electrons. The molecule has 1 aromatic heterocycles. The summed E-state index contributed by atoms with van der Waals surface area (Å²) in [5.74, 6) is -0.564. The van der Waals surface area contributed by atoms with Crippen molar-refractivity contribution in [2.24, 2.45) is 0 Å². The Hall–Kier alpha value is -2.74. The summed E-state index contributed by atoms with van der Waals surface area (Å²) < 4.78 is 26.1. The number of amides is 1. The van der Waals surface area contributed by atoms with Crippen LogP contribution in [0.1, 0.15) is 12.0 Å². The van der Waals surface area contributed by atoms with Crippen LogP contribution in [0, 0.1) is 0 Å². The van der Waals surface area contributed by atoms with E-state index in [1.807, 2.05) is 42.5 Å². The second-order valence-corrected chi connectivity index (χ2v) is 10.5. The number of carbonyl (C=O) groups is 1. The van der Waals surface area contributed by atoms with E-state index in [0.29, 0.717) is 16.7 Å². The summed E-state index contributed by atoms with van der Waals surface area (Å²) in [5, 5.41) is 1.11. The quantitative estimate of drug-likeness (QED) is 0.365. The summed E-state index contributed by atoms with van der Waals surface area (Å²) in [4.78, 5) is 19.5. The van der Waals surface area contributed by atoms with E-state index < -0.39 is 9.84 Å². The Balaban J connectivity index is 1.61. The van der Waals surface area contributed by atoms with Crippen molar-refractivity contribution in [3.63, 3.8) is 0 Å². The molecule has 31 heavy (non-hydrogen) atoms. The van der Waals surface area contributed by atoms with Crippen LogP contribution in [0.2, 0.25) is 5.02 Å². The lowest BCUT2D eigenvalue weighted by atomic mass is 10.2. The minimum atomic E-state index is -3.56. The molecular formula is C23H19ClN2O3S2. The number of nitrogens with zero attached hydrogens (tertiary/aromatic N) is 2. The largest absolute Gasteiger partial charge is 0.284 e. The van der Waals surface area contributed by atoms with Crippen molar-refractivity contribution in [3.8, 4) is 0 Å². The summed E-state index contributed by atoms with van der Waals surface area (Å²) >= 11 is 7.45. The number of anilines is 1. The Morgan fingerprint density at radius 3 is 2.35 bits per heavy atom. The molecule has 0 aliphatic heterocycles. The average Bonchev–Trinajstić information content (AvgIpc) is 3.20. The number of thiazole rings is 1. The summed E-state index contributed by atoms with van der Waals surface area (Å²) in [7, 11) is -3.56. The van der Waals surface area contributed by atoms with Crippen LogP contribution >= 0.6 is 22.9 Å². The highest BCUT2D eigenvalue weighted by Crippen LogP contribution is 2.32. The van der Waals surface area contributed by atoms with Crippen molar-refractivity contribution in [2.75, 3.05) is 10.7 Å². The second-order valence-electron chi connectivity index (χ2n) is 6.96. The van der Waals surface area contributed by atoms with E-state index in [4.69, 9.17) is 11.6 Å². The van der Waals surface area contributed by atoms with E-state index in [2.05, 4.69) is 4.98 Å². The van der Waals surface area contributed by atoms with Crippen LogP contribution in [0.4, 0.5) is 5.13 Å². The first-order chi connectivity index (χ1) is 14.9. The third-order valence-electron chi connectivity index (χ3n) is 4.74. The Labute approximate surface area is 189 Å². The molecule has 0 spiro atoms. The van der Waals surface area contributed by atoms with Crippen LogP contribution in [0.15, 0.2) is 83.8 Å². The molecular weight excluding hydrogens is 452 g/mol. The van der Waals surface area contributed by atoms with Crippen molar-refractivity contribution >= 4 is 54.0 Å². The fourth-order valence-corrected chi connectivity index (χ4v) is 5.64. The number of fused-ring (bicyclic) bond motifs is 1. The maximum Gasteiger partial charge on any atom is 0.230 e. The molecule has 0 N–H and O–H groups in total. The maximum absolute atomic E-state index is 13.2. The van der Waals surface area contributed by atoms with Gasteiger partial charge in [0.2, 0.25) is 5.91 Å². The molecule has 0 bridgehead atoms. The normalized spacial score (nSPS) is 11.5. The predicted octanol–water partition coefficient (Wildman–Crippen LogP) is 5.35. The minimum absolute atomic E-state index is 0.138. The predicted molar refractivity (Wildman–Crippen MR) is 125 cm³/mol. The highest BCUT2D eigenvalue weighted by Gasteiger charge is 2.23. The number of aromatic nitrogens is 1. The number of sulfone groups is 1. The van der Waals surface area contributed by atoms with Crippen LogP contribution in [-0.2, 0) is 21.2 Å². The van der Waals surface area contributed by atoms with Crippen molar-refractivity contribution in [1.29, 1.82) is 0 Å². The molecule has 8 heteroatoms. The molecule has 4 rings (SSSR count). The number of hydrogen-bond donors (Lipinski definition) is 0. The van der Waals surface area contributed by atoms with E-state index >= 15 is 0 Å². The molecule has 0 aliphatic carbocycles. The number of carbonyl (C=O) groups excluding carboxylic acids is 1. The van der Waals surface area contributed by atoms with Gasteiger partial charge in [0.05, 0.1) is 27.4 Å². The number of halogens is 1. The van der Waals surface area contributed by atoms with Gasteiger partial charge in [-0.2, -0.15) is 0 Å². The molecule has 0 unspecified atom stereocenters. The van der Waals surface area contributed by atoms with Gasteiger partial charge in [-0.1, -0.05) is 71.5 Å². The molecule has 4 aromatic rings. The van der Waals surface area contributed by atoms with Gasteiger partial charge in [-0.25, -0.2) is 13.4 Å². The van der Waals surface area contributed by atoms with Gasteiger partial charge in [0, 0.05) is 11.4 Å². The van der Waals surface area contributed by atoms with Crippen molar-refractivity contribution < 1.29 is 13.2 Å². The van der Waals surface area contributed by atoms with Crippen LogP contribution in [0.25, 0.3) is 10.2 Å². The molecule has 0 radical (unpaired) electrons. The fourth-order valence-electron chi connectivity index (χ4n) is 3.13. The Kier molecular flexibility index (Phi) is 6.36. The van der Waals surface area contributed by atoms with Gasteiger partial charge in [-0.3, -0.25) is 9.69 Å². The molecule has 1 heterocycles. The van der Waals surface area contributed by atoms with Crippen LogP contribution in [0.5, 0.6) is 0 Å². The third-order valence-corrected chi connectivity index (χ3v) is 7.75. The first kappa shape index (κ1) is 21.5. The Bertz CT molecular complexity index is 1310. The van der Waals surface area contributed by atoms with E-state index in [1.54, 1.807) is 41.3 Å². The highest BCUT2D eigenvalue weighted by atomic mass is 35.5. The number of benzene rings is 3. The first-order valence-corrected chi connectivity index (χ1v) is 12.5. The first-order valence-electron chi connectivity index (χ1n) is 9.60. The van der Waals surface area contributed by atoms with Gasteiger partial charge in [0.25, 0.3) is 0 Å². The van der Waals surface area contributed by atoms with Gasteiger partial charge in [0.15, 0.2) is 15.0 Å². The molecule has 0 atom stereocenters. The topological polar surface area (TPSA) is 67.3 Å². The smallest absolute Gasteiger partial charge is 0.230 e. The lowest BCUT2D eigenvalue weighted by Gasteiger charge is -2.20. The van der Waals surface area contributed by atoms with E-state index in [1.165, 1.54) is 11.3 Å². The fraction of sp³-hybridized carbons (Fsp3) is 0.130. The third kappa shape index (κ3) is 5.12. The van der Waals surface area contributed by atoms with E-state index in [9.17, 15) is 13.2 Å². The van der Waals surface area contributed by atoms with Crippen molar-refractivity contribution in [2.45, 2.75) is 17.9 Å². The molecule has 1 amide bonds. The SMILES string of the molecule is O=C(CCS(=O)(=O)c1ccccc1)N(Cc1ccccc1)c1nc2ccc(Cl)cc2s1. The van der Waals surface area contributed by atoms with Gasteiger partial charge in [-0.05, 0) is 35.9 Å². The van der Waals surface area contributed by atoms with E-state index in [0.717, 1.165) is 15.8 Å². The van der Waals surface area contributed by atoms with Crippen LogP contribution in [-0.4, -0.2) is 25.1 Å². The summed E-state index contributed by atoms with van der Waals surface area (Å²) in [6.45, 7) is 0.304. The second kappa shape index (κ2) is 9.18. The molecule has 0 fully saturated rings. The minimum Gasteiger partial charge on any atom is -0.284 e. The summed E-state index contributed by atoms with van der Waals surface area (Å²) in [5.41, 5.74) is 1.67. The molecule has 0 saturated carbocycles. The van der Waals surface area contributed by atoms with Crippen molar-refractivity contribution in [1.82, 2.24) is 4.98 Å². The van der Waals surface area contributed by atoms with Gasteiger partial charge in [0.1, 0.15) is 0 Å². The van der Waals surface area contributed by atoms with E-state index in [-0.39, 0.29) is 23.0 Å². The molecule has 0 saturated heterocycles. The summed E-state index contributed by atoms with van der Waals surface area (Å²) in [6.07, 6.45) is -0.138. The highest BCUT2D eigenvalue weighted by molar-refractivity contribution is 7.91. The lowest BCUT2D eigenvalue weighted by molar-refractivity contribution is -0.118. The molecule has 3 aromatic carbocycles. The van der Waals surface area contributed by atoms with Gasteiger partial charge < -0.3 is 0 Å². The lowest BCUT2D eigenvalue weighted by Crippen LogP contribution is -2.31. The van der Waals surface area contributed by atoms with Crippen LogP contribution in [0.3, 0.4) is 0 Å². The zero-order valence-corrected chi connectivity index (χ0v) is 18.8. The van der Waals surface area contributed by atoms with Crippen LogP contribution < -0.4 is 4.90 Å². The Morgan fingerprint density at radius 2 is 1.65 bits per heavy atom. The zero-order valence-electron chi connectivity index (χ0n) is 16.4. The average molecular weight is 471 g/mol. The summed E-state index contributed by atoms with van der Waals surface area (Å²) in [6, 6.07) is 23.1. The standard InChI is InChI=1S/C23H19ClN2O3S2/c24-18-11-12-20-21(15-18)30-23(25-20)26(16-17-7-3-1-4-8-17)22(27)13-14-31(28,29)19-9-5-2-6-10-19/h1-12,15H,13-14,16H2. The maximum atomic E-state index is 13.2. The van der Waals surface area contributed by atoms with Gasteiger partial charge >= 0.3 is 0 Å². The molecule has 5 nitrogen and oxygen atoms in total. The van der Waals surface area contributed by atoms with Gasteiger partial charge in [-0.15, -0.1) is 0 Å². The molecule has 0 aliphatic rings. The monoisotopic (exact) mass is 470 g/mol.